The van der Waals surface area contributed by atoms with Gasteiger partial charge < -0.3 is 10.6 Å². The van der Waals surface area contributed by atoms with Gasteiger partial charge in [0.1, 0.15) is 0 Å². The molecule has 0 bridgehead atoms. The highest BCUT2D eigenvalue weighted by Gasteiger charge is 2.00. The standard InChI is InChI=1S/C22H26N4/c1-2-23-22(26-16-13-21-9-5-6-14-24-21)25-15-12-18-10-11-19-7-3-4-8-20(19)17-18/h3-11,14,17H,2,12-13,15-16H2,1H3,(H2,23,25,26). The molecule has 0 aliphatic carbocycles. The van der Waals surface area contributed by atoms with E-state index in [-0.39, 0.29) is 0 Å². The molecule has 4 nitrogen and oxygen atoms in total. The first kappa shape index (κ1) is 17.9. The zero-order chi connectivity index (χ0) is 18.0. The smallest absolute Gasteiger partial charge is 0.191 e. The van der Waals surface area contributed by atoms with Crippen molar-refractivity contribution in [3.05, 3.63) is 78.1 Å². The van der Waals surface area contributed by atoms with Gasteiger partial charge in [-0.05, 0) is 41.8 Å². The van der Waals surface area contributed by atoms with E-state index in [0.717, 1.165) is 44.1 Å². The van der Waals surface area contributed by atoms with E-state index >= 15 is 0 Å². The lowest BCUT2D eigenvalue weighted by Crippen LogP contribution is -2.38. The molecule has 0 atom stereocenters. The Balaban J connectivity index is 1.51. The molecule has 0 unspecified atom stereocenters. The largest absolute Gasteiger partial charge is 0.357 e. The summed E-state index contributed by atoms with van der Waals surface area (Å²) < 4.78 is 0. The minimum atomic E-state index is 0.725. The Hall–Kier alpha value is -2.88. The zero-order valence-electron chi connectivity index (χ0n) is 15.3. The van der Waals surface area contributed by atoms with Crippen molar-refractivity contribution in [1.29, 1.82) is 0 Å². The van der Waals surface area contributed by atoms with Crippen LogP contribution in [0.4, 0.5) is 0 Å². The second-order valence-corrected chi connectivity index (χ2v) is 6.19. The van der Waals surface area contributed by atoms with Crippen LogP contribution >= 0.6 is 0 Å². The number of aliphatic imine (C=N–C) groups is 1. The van der Waals surface area contributed by atoms with Gasteiger partial charge in [0.25, 0.3) is 0 Å². The molecule has 2 aromatic carbocycles. The van der Waals surface area contributed by atoms with Crippen molar-refractivity contribution < 1.29 is 0 Å². The topological polar surface area (TPSA) is 49.3 Å². The highest BCUT2D eigenvalue weighted by molar-refractivity contribution is 5.83. The third kappa shape index (κ3) is 5.31. The number of hydrogen-bond donors (Lipinski definition) is 2. The van der Waals surface area contributed by atoms with E-state index in [4.69, 9.17) is 0 Å². The molecule has 0 amide bonds. The van der Waals surface area contributed by atoms with Gasteiger partial charge in [0.2, 0.25) is 0 Å². The SMILES string of the molecule is CCNC(=NCCc1ccccn1)NCCc1ccc2ccccc2c1. The van der Waals surface area contributed by atoms with Gasteiger partial charge >= 0.3 is 0 Å². The Morgan fingerprint density at radius 3 is 2.58 bits per heavy atom. The zero-order valence-corrected chi connectivity index (χ0v) is 15.3. The van der Waals surface area contributed by atoms with Gasteiger partial charge in [-0.1, -0.05) is 48.5 Å². The monoisotopic (exact) mass is 346 g/mol. The molecule has 0 radical (unpaired) electrons. The fourth-order valence-electron chi connectivity index (χ4n) is 2.89. The Morgan fingerprint density at radius 1 is 0.923 bits per heavy atom. The average Bonchev–Trinajstić information content (AvgIpc) is 2.69. The van der Waals surface area contributed by atoms with Crippen molar-refractivity contribution in [3.8, 4) is 0 Å². The molecule has 2 N–H and O–H groups in total. The summed E-state index contributed by atoms with van der Waals surface area (Å²) in [4.78, 5) is 8.98. The lowest BCUT2D eigenvalue weighted by Gasteiger charge is -2.11. The van der Waals surface area contributed by atoms with Crippen LogP contribution in [0.2, 0.25) is 0 Å². The number of nitrogens with one attached hydrogen (secondary N) is 2. The first-order valence-electron chi connectivity index (χ1n) is 9.25. The molecule has 0 spiro atoms. The molecule has 0 saturated carbocycles. The fraction of sp³-hybridized carbons (Fsp3) is 0.273. The Labute approximate surface area is 155 Å². The van der Waals surface area contributed by atoms with E-state index < -0.39 is 0 Å². The number of rotatable bonds is 7. The van der Waals surface area contributed by atoms with E-state index in [2.05, 4.69) is 70.0 Å². The summed E-state index contributed by atoms with van der Waals surface area (Å²) in [5.41, 5.74) is 2.41. The van der Waals surface area contributed by atoms with Crippen LogP contribution in [0.1, 0.15) is 18.2 Å². The van der Waals surface area contributed by atoms with Crippen LogP contribution < -0.4 is 10.6 Å². The quantitative estimate of drug-likeness (QED) is 0.508. The summed E-state index contributed by atoms with van der Waals surface area (Å²) in [6, 6.07) is 21.1. The highest BCUT2D eigenvalue weighted by atomic mass is 15.2. The van der Waals surface area contributed by atoms with E-state index in [1.165, 1.54) is 16.3 Å². The molecule has 3 aromatic rings. The Morgan fingerprint density at radius 2 is 1.77 bits per heavy atom. The maximum atomic E-state index is 4.64. The molecule has 1 heterocycles. The van der Waals surface area contributed by atoms with E-state index in [1.54, 1.807) is 0 Å². The van der Waals surface area contributed by atoms with Crippen molar-refractivity contribution in [2.45, 2.75) is 19.8 Å². The summed E-state index contributed by atoms with van der Waals surface area (Å²) >= 11 is 0. The molecule has 4 heteroatoms. The van der Waals surface area contributed by atoms with Crippen molar-refractivity contribution in [1.82, 2.24) is 15.6 Å². The molecular formula is C22H26N4. The van der Waals surface area contributed by atoms with Gasteiger partial charge in [-0.2, -0.15) is 0 Å². The molecule has 0 saturated heterocycles. The minimum Gasteiger partial charge on any atom is -0.357 e. The predicted octanol–water partition coefficient (Wildman–Crippen LogP) is 3.58. The first-order valence-corrected chi connectivity index (χ1v) is 9.25. The number of benzene rings is 2. The lowest BCUT2D eigenvalue weighted by atomic mass is 10.1. The average molecular weight is 346 g/mol. The normalized spacial score (nSPS) is 11.5. The van der Waals surface area contributed by atoms with Crippen LogP contribution in [0.3, 0.4) is 0 Å². The maximum absolute atomic E-state index is 4.64. The van der Waals surface area contributed by atoms with Gasteiger partial charge in [0.05, 0.1) is 0 Å². The van der Waals surface area contributed by atoms with Crippen LogP contribution in [0, 0.1) is 0 Å². The van der Waals surface area contributed by atoms with Crippen LogP contribution in [0.5, 0.6) is 0 Å². The second-order valence-electron chi connectivity index (χ2n) is 6.19. The van der Waals surface area contributed by atoms with Gasteiger partial charge in [-0.3, -0.25) is 9.98 Å². The number of pyridine rings is 1. The Bertz CT molecular complexity index is 843. The van der Waals surface area contributed by atoms with Crippen molar-refractivity contribution in [2.24, 2.45) is 4.99 Å². The fourth-order valence-corrected chi connectivity index (χ4v) is 2.89. The summed E-state index contributed by atoms with van der Waals surface area (Å²) in [7, 11) is 0. The predicted molar refractivity (Wildman–Crippen MR) is 110 cm³/mol. The van der Waals surface area contributed by atoms with E-state index in [0.29, 0.717) is 0 Å². The minimum absolute atomic E-state index is 0.725. The summed E-state index contributed by atoms with van der Waals surface area (Å²) in [5, 5.41) is 9.30. The third-order valence-corrected chi connectivity index (χ3v) is 4.23. The molecule has 0 aliphatic heterocycles. The first-order chi connectivity index (χ1) is 12.8. The molecule has 0 aliphatic rings. The number of fused-ring (bicyclic) bond motifs is 1. The maximum Gasteiger partial charge on any atom is 0.191 e. The van der Waals surface area contributed by atoms with Gasteiger partial charge in [-0.25, -0.2) is 0 Å². The number of nitrogens with zero attached hydrogens (tertiary/aromatic N) is 2. The van der Waals surface area contributed by atoms with Gasteiger partial charge in [-0.15, -0.1) is 0 Å². The number of aromatic nitrogens is 1. The third-order valence-electron chi connectivity index (χ3n) is 4.23. The summed E-state index contributed by atoms with van der Waals surface area (Å²) in [6.07, 6.45) is 3.64. The molecule has 1 aromatic heterocycles. The molecule has 134 valence electrons. The van der Waals surface area contributed by atoms with Gasteiger partial charge in [0.15, 0.2) is 5.96 Å². The van der Waals surface area contributed by atoms with Crippen LogP contribution in [0.25, 0.3) is 10.8 Å². The second kappa shape index (κ2) is 9.56. The lowest BCUT2D eigenvalue weighted by molar-refractivity contribution is 0.794. The van der Waals surface area contributed by atoms with Crippen molar-refractivity contribution in [2.75, 3.05) is 19.6 Å². The molecule has 3 rings (SSSR count). The van der Waals surface area contributed by atoms with Crippen molar-refractivity contribution >= 4 is 16.7 Å². The van der Waals surface area contributed by atoms with Crippen LogP contribution in [-0.4, -0.2) is 30.6 Å². The highest BCUT2D eigenvalue weighted by Crippen LogP contribution is 2.15. The van der Waals surface area contributed by atoms with Crippen LogP contribution in [0.15, 0.2) is 71.9 Å². The van der Waals surface area contributed by atoms with E-state index in [1.807, 2.05) is 24.4 Å². The number of hydrogen-bond acceptors (Lipinski definition) is 2. The van der Waals surface area contributed by atoms with Crippen molar-refractivity contribution in [3.63, 3.8) is 0 Å². The molecule has 0 fully saturated rings. The summed E-state index contributed by atoms with van der Waals surface area (Å²) in [6.45, 7) is 4.51. The molecule has 26 heavy (non-hydrogen) atoms. The summed E-state index contributed by atoms with van der Waals surface area (Å²) in [5.74, 6) is 0.865. The van der Waals surface area contributed by atoms with Gasteiger partial charge in [0, 0.05) is 37.9 Å². The Kier molecular flexibility index (Phi) is 6.59. The number of guanidine groups is 1. The molecular weight excluding hydrogens is 320 g/mol. The van der Waals surface area contributed by atoms with Crippen LogP contribution in [-0.2, 0) is 12.8 Å². The van der Waals surface area contributed by atoms with E-state index in [9.17, 15) is 0 Å².